The highest BCUT2D eigenvalue weighted by Gasteiger charge is 2.08. The summed E-state index contributed by atoms with van der Waals surface area (Å²) in [5.41, 5.74) is 1.53. The Hall–Kier alpha value is -0.940. The highest BCUT2D eigenvalue weighted by atomic mass is 32.1. The van der Waals surface area contributed by atoms with Crippen molar-refractivity contribution in [2.45, 2.75) is 13.3 Å². The number of aryl methyl sites for hydroxylation is 1. The molecular formula is C6H8N2O2S. The summed E-state index contributed by atoms with van der Waals surface area (Å²) >= 11 is 1.28. The van der Waals surface area contributed by atoms with Crippen LogP contribution >= 0.6 is 11.3 Å². The molecule has 0 unspecified atom stereocenters. The average molecular weight is 172 g/mol. The molecule has 1 amide bonds. The van der Waals surface area contributed by atoms with Gasteiger partial charge in [0.05, 0.1) is 0 Å². The molecule has 0 saturated heterocycles. The molecule has 0 fully saturated rings. The Labute approximate surface area is 67.8 Å². The third-order valence-corrected chi connectivity index (χ3v) is 2.34. The van der Waals surface area contributed by atoms with Crippen LogP contribution in [0.15, 0.2) is 6.20 Å². The fourth-order valence-electron chi connectivity index (χ4n) is 0.624. The van der Waals surface area contributed by atoms with Gasteiger partial charge in [-0.1, -0.05) is 6.92 Å². The van der Waals surface area contributed by atoms with Crippen LogP contribution in [0.1, 0.15) is 21.6 Å². The lowest BCUT2D eigenvalue weighted by Crippen LogP contribution is -2.17. The van der Waals surface area contributed by atoms with Crippen molar-refractivity contribution in [2.24, 2.45) is 0 Å². The number of nitrogens with one attached hydrogen (secondary N) is 1. The van der Waals surface area contributed by atoms with Crippen molar-refractivity contribution < 1.29 is 10.0 Å². The van der Waals surface area contributed by atoms with Crippen LogP contribution in [0.25, 0.3) is 0 Å². The Kier molecular flexibility index (Phi) is 2.56. The number of hydroxylamine groups is 1. The zero-order valence-corrected chi connectivity index (χ0v) is 6.81. The SMILES string of the molecule is CCc1cnc(C(=O)NO)s1. The molecule has 0 aliphatic rings. The Bertz CT molecular complexity index is 259. The second-order valence-corrected chi connectivity index (χ2v) is 3.04. The number of hydrogen-bond donors (Lipinski definition) is 2. The molecule has 0 aliphatic carbocycles. The van der Waals surface area contributed by atoms with Crippen molar-refractivity contribution >= 4 is 17.2 Å². The van der Waals surface area contributed by atoms with E-state index in [2.05, 4.69) is 4.98 Å². The largest absolute Gasteiger partial charge is 0.303 e. The van der Waals surface area contributed by atoms with E-state index in [1.54, 1.807) is 6.20 Å². The van der Waals surface area contributed by atoms with E-state index >= 15 is 0 Å². The molecule has 1 aromatic rings. The first-order valence-corrected chi connectivity index (χ1v) is 3.98. The first-order chi connectivity index (χ1) is 5.27. The van der Waals surface area contributed by atoms with E-state index in [1.165, 1.54) is 16.8 Å². The van der Waals surface area contributed by atoms with Gasteiger partial charge in [0.15, 0.2) is 5.01 Å². The summed E-state index contributed by atoms with van der Waals surface area (Å²) < 4.78 is 0. The minimum Gasteiger partial charge on any atom is -0.288 e. The number of thiazole rings is 1. The van der Waals surface area contributed by atoms with Crippen molar-refractivity contribution in [3.63, 3.8) is 0 Å². The van der Waals surface area contributed by atoms with E-state index in [0.717, 1.165) is 11.3 Å². The minimum absolute atomic E-state index is 0.296. The fraction of sp³-hybridized carbons (Fsp3) is 0.333. The topological polar surface area (TPSA) is 62.2 Å². The predicted molar refractivity (Wildman–Crippen MR) is 40.7 cm³/mol. The fourth-order valence-corrected chi connectivity index (χ4v) is 1.37. The zero-order valence-electron chi connectivity index (χ0n) is 6.00. The molecule has 2 N–H and O–H groups in total. The summed E-state index contributed by atoms with van der Waals surface area (Å²) in [5, 5.41) is 8.53. The van der Waals surface area contributed by atoms with Gasteiger partial charge in [-0.15, -0.1) is 11.3 Å². The number of rotatable bonds is 2. The summed E-state index contributed by atoms with van der Waals surface area (Å²) in [6.45, 7) is 1.98. The number of carbonyl (C=O) groups excluding carboxylic acids is 1. The Balaban J connectivity index is 2.80. The maximum absolute atomic E-state index is 10.7. The average Bonchev–Trinajstić information content (AvgIpc) is 2.50. The van der Waals surface area contributed by atoms with E-state index in [4.69, 9.17) is 5.21 Å². The molecule has 0 spiro atoms. The van der Waals surface area contributed by atoms with E-state index in [9.17, 15) is 4.79 Å². The number of aromatic nitrogens is 1. The summed E-state index contributed by atoms with van der Waals surface area (Å²) in [6.07, 6.45) is 2.49. The molecule has 1 rings (SSSR count). The van der Waals surface area contributed by atoms with Gasteiger partial charge in [-0.05, 0) is 6.42 Å². The number of amides is 1. The van der Waals surface area contributed by atoms with Gasteiger partial charge >= 0.3 is 5.91 Å². The quantitative estimate of drug-likeness (QED) is 0.513. The molecule has 5 heteroatoms. The molecular weight excluding hydrogens is 164 g/mol. The van der Waals surface area contributed by atoms with Gasteiger partial charge in [0.1, 0.15) is 0 Å². The van der Waals surface area contributed by atoms with Gasteiger partial charge in [-0.2, -0.15) is 0 Å². The van der Waals surface area contributed by atoms with Gasteiger partial charge < -0.3 is 0 Å². The lowest BCUT2D eigenvalue weighted by molar-refractivity contribution is 0.0706. The lowest BCUT2D eigenvalue weighted by Gasteiger charge is -1.88. The van der Waals surface area contributed by atoms with Gasteiger partial charge in [-0.3, -0.25) is 10.0 Å². The molecule has 4 nitrogen and oxygen atoms in total. The maximum atomic E-state index is 10.7. The molecule has 60 valence electrons. The van der Waals surface area contributed by atoms with Gasteiger partial charge in [0.25, 0.3) is 0 Å². The van der Waals surface area contributed by atoms with Crippen LogP contribution in [0.2, 0.25) is 0 Å². The molecule has 0 atom stereocenters. The van der Waals surface area contributed by atoms with E-state index in [1.807, 2.05) is 6.92 Å². The number of carbonyl (C=O) groups is 1. The van der Waals surface area contributed by atoms with Crippen molar-refractivity contribution in [1.29, 1.82) is 0 Å². The molecule has 1 heterocycles. The van der Waals surface area contributed by atoms with Crippen molar-refractivity contribution in [3.05, 3.63) is 16.1 Å². The van der Waals surface area contributed by atoms with E-state index in [0.29, 0.717) is 5.01 Å². The third-order valence-electron chi connectivity index (χ3n) is 1.20. The summed E-state index contributed by atoms with van der Waals surface area (Å²) in [7, 11) is 0. The van der Waals surface area contributed by atoms with Gasteiger partial charge in [0, 0.05) is 11.1 Å². The van der Waals surface area contributed by atoms with Crippen molar-refractivity contribution in [3.8, 4) is 0 Å². The third kappa shape index (κ3) is 1.75. The van der Waals surface area contributed by atoms with Crippen molar-refractivity contribution in [1.82, 2.24) is 10.5 Å². The molecule has 0 radical (unpaired) electrons. The smallest absolute Gasteiger partial charge is 0.288 e. The summed E-state index contributed by atoms with van der Waals surface area (Å²) in [5.74, 6) is -0.547. The zero-order chi connectivity index (χ0) is 8.27. The lowest BCUT2D eigenvalue weighted by atomic mass is 10.4. The molecule has 0 saturated carbocycles. The van der Waals surface area contributed by atoms with Crippen LogP contribution in [-0.4, -0.2) is 16.1 Å². The van der Waals surface area contributed by atoms with Crippen LogP contribution in [0.3, 0.4) is 0 Å². The molecule has 0 aromatic carbocycles. The van der Waals surface area contributed by atoms with Crippen LogP contribution in [0.4, 0.5) is 0 Å². The normalized spacial score (nSPS) is 9.64. The van der Waals surface area contributed by atoms with Crippen LogP contribution in [0.5, 0.6) is 0 Å². The minimum atomic E-state index is -0.547. The van der Waals surface area contributed by atoms with Crippen LogP contribution in [-0.2, 0) is 6.42 Å². The van der Waals surface area contributed by atoms with E-state index in [-0.39, 0.29) is 0 Å². The summed E-state index contributed by atoms with van der Waals surface area (Å²) in [4.78, 5) is 15.6. The Morgan fingerprint density at radius 2 is 2.64 bits per heavy atom. The van der Waals surface area contributed by atoms with Gasteiger partial charge in [0.2, 0.25) is 0 Å². The monoisotopic (exact) mass is 172 g/mol. The second kappa shape index (κ2) is 3.45. The van der Waals surface area contributed by atoms with Crippen LogP contribution in [0, 0.1) is 0 Å². The highest BCUT2D eigenvalue weighted by molar-refractivity contribution is 7.13. The van der Waals surface area contributed by atoms with E-state index < -0.39 is 5.91 Å². The number of nitrogens with zero attached hydrogens (tertiary/aromatic N) is 1. The maximum Gasteiger partial charge on any atom is 0.303 e. The first kappa shape index (κ1) is 8.16. The predicted octanol–water partition coefficient (Wildman–Crippen LogP) is 0.825. The standard InChI is InChI=1S/C6H8N2O2S/c1-2-4-3-7-6(11-4)5(9)8-10/h3,10H,2H2,1H3,(H,8,9). The molecule has 1 aromatic heterocycles. The summed E-state index contributed by atoms with van der Waals surface area (Å²) in [6, 6.07) is 0. The first-order valence-electron chi connectivity index (χ1n) is 3.17. The Morgan fingerprint density at radius 3 is 3.09 bits per heavy atom. The number of hydrogen-bond acceptors (Lipinski definition) is 4. The van der Waals surface area contributed by atoms with Crippen LogP contribution < -0.4 is 5.48 Å². The highest BCUT2D eigenvalue weighted by Crippen LogP contribution is 2.12. The Morgan fingerprint density at radius 1 is 1.91 bits per heavy atom. The molecule has 0 aliphatic heterocycles. The molecule has 11 heavy (non-hydrogen) atoms. The molecule has 0 bridgehead atoms. The van der Waals surface area contributed by atoms with Gasteiger partial charge in [-0.25, -0.2) is 10.5 Å². The van der Waals surface area contributed by atoms with Crippen molar-refractivity contribution in [2.75, 3.05) is 0 Å². The second-order valence-electron chi connectivity index (χ2n) is 1.93.